The summed E-state index contributed by atoms with van der Waals surface area (Å²) in [6, 6.07) is 4.78. The van der Waals surface area contributed by atoms with Crippen molar-refractivity contribution in [1.29, 1.82) is 0 Å². The second kappa shape index (κ2) is 3.35. The van der Waals surface area contributed by atoms with Crippen molar-refractivity contribution >= 4 is 23.4 Å². The van der Waals surface area contributed by atoms with Crippen LogP contribution in [0.15, 0.2) is 18.2 Å². The first-order valence-corrected chi connectivity index (χ1v) is 5.08. The topological polar surface area (TPSA) is 37.4 Å². The molecule has 0 fully saturated rings. The normalized spacial score (nSPS) is 15.1. The van der Waals surface area contributed by atoms with Gasteiger partial charge in [0.05, 0.1) is 16.1 Å². The molecule has 2 amide bonds. The van der Waals surface area contributed by atoms with E-state index in [0.29, 0.717) is 16.1 Å². The number of rotatable bonds is 1. The van der Waals surface area contributed by atoms with Gasteiger partial charge in [-0.2, -0.15) is 0 Å². The van der Waals surface area contributed by atoms with Gasteiger partial charge >= 0.3 is 0 Å². The van der Waals surface area contributed by atoms with Crippen LogP contribution in [0, 0.1) is 0 Å². The van der Waals surface area contributed by atoms with Gasteiger partial charge in [-0.25, -0.2) is 0 Å². The Balaban J connectivity index is 2.61. The van der Waals surface area contributed by atoms with E-state index in [-0.39, 0.29) is 17.9 Å². The van der Waals surface area contributed by atoms with Crippen molar-refractivity contribution in [3.63, 3.8) is 0 Å². The van der Waals surface area contributed by atoms with E-state index in [1.165, 1.54) is 4.90 Å². The van der Waals surface area contributed by atoms with Gasteiger partial charge < -0.3 is 0 Å². The molecule has 1 aliphatic rings. The van der Waals surface area contributed by atoms with Crippen LogP contribution in [0.4, 0.5) is 0 Å². The average Bonchev–Trinajstić information content (AvgIpc) is 2.40. The number of hydrogen-bond acceptors (Lipinski definition) is 2. The average molecular weight is 224 g/mol. The second-order valence-corrected chi connectivity index (χ2v) is 4.14. The number of nitrogens with zero attached hydrogens (tertiary/aromatic N) is 1. The summed E-state index contributed by atoms with van der Waals surface area (Å²) in [7, 11) is 0. The molecule has 3 nitrogen and oxygen atoms in total. The van der Waals surface area contributed by atoms with Crippen LogP contribution in [0.25, 0.3) is 0 Å². The lowest BCUT2D eigenvalue weighted by Crippen LogP contribution is -2.35. The zero-order chi connectivity index (χ0) is 11.2. The van der Waals surface area contributed by atoms with Crippen molar-refractivity contribution in [1.82, 2.24) is 4.90 Å². The molecule has 0 N–H and O–H groups in total. The molecular formula is C11H10ClNO2. The highest BCUT2D eigenvalue weighted by Gasteiger charge is 2.38. The third-order valence-corrected chi connectivity index (χ3v) is 2.73. The molecule has 0 aliphatic carbocycles. The Kier molecular flexibility index (Phi) is 2.27. The summed E-state index contributed by atoms with van der Waals surface area (Å²) in [6.45, 7) is 3.60. The van der Waals surface area contributed by atoms with Gasteiger partial charge in [0.15, 0.2) is 0 Å². The van der Waals surface area contributed by atoms with Crippen LogP contribution in [-0.4, -0.2) is 22.8 Å². The molecule has 0 saturated carbocycles. The van der Waals surface area contributed by atoms with Crippen LogP contribution < -0.4 is 0 Å². The number of benzene rings is 1. The summed E-state index contributed by atoms with van der Waals surface area (Å²) in [5.74, 6) is -0.553. The molecule has 1 aliphatic heterocycles. The maximum atomic E-state index is 11.9. The van der Waals surface area contributed by atoms with E-state index >= 15 is 0 Å². The van der Waals surface area contributed by atoms with Gasteiger partial charge in [0.25, 0.3) is 11.8 Å². The Morgan fingerprint density at radius 2 is 1.87 bits per heavy atom. The molecule has 1 aromatic rings. The molecule has 78 valence electrons. The molecule has 0 unspecified atom stereocenters. The highest BCUT2D eigenvalue weighted by Crippen LogP contribution is 2.29. The summed E-state index contributed by atoms with van der Waals surface area (Å²) in [6.07, 6.45) is 0. The highest BCUT2D eigenvalue weighted by atomic mass is 35.5. The molecule has 0 bridgehead atoms. The summed E-state index contributed by atoms with van der Waals surface area (Å²) in [5.41, 5.74) is 0.735. The van der Waals surface area contributed by atoms with Crippen molar-refractivity contribution < 1.29 is 9.59 Å². The van der Waals surface area contributed by atoms with Gasteiger partial charge in [-0.05, 0) is 26.0 Å². The lowest BCUT2D eigenvalue weighted by Gasteiger charge is -2.17. The minimum absolute atomic E-state index is 0.145. The molecule has 0 radical (unpaired) electrons. The number of hydrogen-bond donors (Lipinski definition) is 0. The first-order valence-electron chi connectivity index (χ1n) is 4.70. The molecule has 1 aromatic carbocycles. The monoisotopic (exact) mass is 223 g/mol. The second-order valence-electron chi connectivity index (χ2n) is 3.74. The molecular weight excluding hydrogens is 214 g/mol. The summed E-state index contributed by atoms with van der Waals surface area (Å²) >= 11 is 5.90. The summed E-state index contributed by atoms with van der Waals surface area (Å²) in [5, 5.41) is 0.342. The maximum Gasteiger partial charge on any atom is 0.263 e. The minimum Gasteiger partial charge on any atom is -0.272 e. The zero-order valence-electron chi connectivity index (χ0n) is 8.45. The number of imide groups is 1. The van der Waals surface area contributed by atoms with Crippen LogP contribution in [0.3, 0.4) is 0 Å². The third kappa shape index (κ3) is 1.35. The van der Waals surface area contributed by atoms with Gasteiger partial charge in [-0.1, -0.05) is 17.7 Å². The number of halogens is 1. The van der Waals surface area contributed by atoms with Gasteiger partial charge in [0, 0.05) is 6.04 Å². The Morgan fingerprint density at radius 3 is 2.40 bits per heavy atom. The van der Waals surface area contributed by atoms with Gasteiger partial charge in [-0.3, -0.25) is 14.5 Å². The fourth-order valence-corrected chi connectivity index (χ4v) is 1.99. The first kappa shape index (κ1) is 10.2. The van der Waals surface area contributed by atoms with Crippen LogP contribution in [0.2, 0.25) is 5.02 Å². The van der Waals surface area contributed by atoms with Crippen molar-refractivity contribution in [3.05, 3.63) is 34.3 Å². The van der Waals surface area contributed by atoms with E-state index in [1.807, 2.05) is 0 Å². The molecule has 0 atom stereocenters. The molecule has 0 spiro atoms. The molecule has 2 rings (SSSR count). The zero-order valence-corrected chi connectivity index (χ0v) is 9.21. The summed E-state index contributed by atoms with van der Waals surface area (Å²) in [4.78, 5) is 25.0. The van der Waals surface area contributed by atoms with Crippen molar-refractivity contribution in [2.75, 3.05) is 0 Å². The van der Waals surface area contributed by atoms with Crippen molar-refractivity contribution in [2.24, 2.45) is 0 Å². The molecule has 15 heavy (non-hydrogen) atoms. The minimum atomic E-state index is -0.296. The van der Waals surface area contributed by atoms with Crippen LogP contribution in [0.5, 0.6) is 0 Å². The number of carbonyl (C=O) groups excluding carboxylic acids is 2. The van der Waals surface area contributed by atoms with E-state index in [0.717, 1.165) is 0 Å². The molecule has 0 saturated heterocycles. The Labute approximate surface area is 92.6 Å². The maximum absolute atomic E-state index is 11.9. The van der Waals surface area contributed by atoms with E-state index in [4.69, 9.17) is 11.6 Å². The number of carbonyl (C=O) groups is 2. The predicted molar refractivity (Wildman–Crippen MR) is 57.1 cm³/mol. The largest absolute Gasteiger partial charge is 0.272 e. The molecule has 1 heterocycles. The first-order chi connectivity index (χ1) is 7.04. The smallest absolute Gasteiger partial charge is 0.263 e. The Hall–Kier alpha value is -1.35. The lowest BCUT2D eigenvalue weighted by molar-refractivity contribution is 0.0609. The van der Waals surface area contributed by atoms with Crippen molar-refractivity contribution in [3.8, 4) is 0 Å². The van der Waals surface area contributed by atoms with E-state index < -0.39 is 0 Å². The van der Waals surface area contributed by atoms with Crippen LogP contribution >= 0.6 is 11.6 Å². The van der Waals surface area contributed by atoms with Crippen LogP contribution in [-0.2, 0) is 0 Å². The van der Waals surface area contributed by atoms with Crippen molar-refractivity contribution in [2.45, 2.75) is 19.9 Å². The van der Waals surface area contributed by atoms with Crippen LogP contribution in [0.1, 0.15) is 34.6 Å². The van der Waals surface area contributed by atoms with E-state index in [9.17, 15) is 9.59 Å². The van der Waals surface area contributed by atoms with E-state index in [2.05, 4.69) is 0 Å². The fourth-order valence-electron chi connectivity index (χ4n) is 1.73. The number of fused-ring (bicyclic) bond motifs is 1. The third-order valence-electron chi connectivity index (χ3n) is 2.41. The fraction of sp³-hybridized carbons (Fsp3) is 0.273. The van der Waals surface area contributed by atoms with E-state index in [1.54, 1.807) is 32.0 Å². The molecule has 0 aromatic heterocycles. The lowest BCUT2D eigenvalue weighted by atomic mass is 10.1. The number of amides is 2. The predicted octanol–water partition coefficient (Wildman–Crippen LogP) is 2.34. The Bertz CT molecular complexity index is 454. The quantitative estimate of drug-likeness (QED) is 0.686. The molecule has 4 heteroatoms. The Morgan fingerprint density at radius 1 is 1.20 bits per heavy atom. The highest BCUT2D eigenvalue weighted by molar-refractivity contribution is 6.37. The SMILES string of the molecule is CC(C)N1C(=O)c2cccc(Cl)c2C1=O. The standard InChI is InChI=1S/C11H10ClNO2/c1-6(2)13-10(14)7-4-3-5-8(12)9(7)11(13)15/h3-6H,1-2H3. The van der Waals surface area contributed by atoms with Gasteiger partial charge in [0.2, 0.25) is 0 Å². The summed E-state index contributed by atoms with van der Waals surface area (Å²) < 4.78 is 0. The van der Waals surface area contributed by atoms with Gasteiger partial charge in [-0.15, -0.1) is 0 Å². The van der Waals surface area contributed by atoms with Gasteiger partial charge in [0.1, 0.15) is 0 Å².